The third-order valence-corrected chi connectivity index (χ3v) is 4.94. The molecule has 0 aliphatic rings. The predicted octanol–water partition coefficient (Wildman–Crippen LogP) is 3.15. The van der Waals surface area contributed by atoms with Crippen LogP contribution < -0.4 is 9.88 Å². The molecule has 0 spiro atoms. The highest BCUT2D eigenvalue weighted by Gasteiger charge is 2.17. The first-order valence-electron chi connectivity index (χ1n) is 4.93. The molecule has 0 saturated heterocycles. The first-order chi connectivity index (χ1) is 8.36. The van der Waals surface area contributed by atoms with Crippen molar-refractivity contribution in [2.24, 2.45) is 5.14 Å². The summed E-state index contributed by atoms with van der Waals surface area (Å²) in [5.41, 5.74) is 1.03. The van der Waals surface area contributed by atoms with Crippen LogP contribution in [0.5, 0.6) is 10.8 Å². The molecule has 0 aliphatic heterocycles. The zero-order valence-corrected chi connectivity index (χ0v) is 11.8. The van der Waals surface area contributed by atoms with E-state index in [0.717, 1.165) is 16.9 Å². The highest BCUT2D eigenvalue weighted by atomic mass is 35.5. The lowest BCUT2D eigenvalue weighted by Gasteiger charge is -2.03. The lowest BCUT2D eigenvalue weighted by atomic mass is 10.2. The minimum atomic E-state index is -3.75. The summed E-state index contributed by atoms with van der Waals surface area (Å²) in [5.74, 6) is 0.597. The van der Waals surface area contributed by atoms with Crippen molar-refractivity contribution in [3.05, 3.63) is 40.9 Å². The minimum Gasteiger partial charge on any atom is -0.445 e. The summed E-state index contributed by atoms with van der Waals surface area (Å²) in [7, 11) is -3.75. The van der Waals surface area contributed by atoms with Gasteiger partial charge in [-0.05, 0) is 30.7 Å². The molecule has 2 aromatic rings. The standard InChI is InChI=1S/C11H10ClNO3S2/c1-7-3-2-4-8(5-7)16-11-9(12)6-10(17-11)18(13,14)15/h2-6H,1H3,(H2,13,14,15). The maximum absolute atomic E-state index is 11.2. The van der Waals surface area contributed by atoms with Crippen molar-refractivity contribution in [1.82, 2.24) is 0 Å². The molecule has 0 saturated carbocycles. The molecule has 1 aromatic heterocycles. The van der Waals surface area contributed by atoms with E-state index in [1.165, 1.54) is 6.07 Å². The van der Waals surface area contributed by atoms with E-state index in [0.29, 0.717) is 10.8 Å². The Balaban J connectivity index is 2.33. The maximum atomic E-state index is 11.2. The Hall–Kier alpha value is -1.08. The van der Waals surface area contributed by atoms with Gasteiger partial charge in [0.25, 0.3) is 0 Å². The zero-order chi connectivity index (χ0) is 13.3. The minimum absolute atomic E-state index is 0.0184. The summed E-state index contributed by atoms with van der Waals surface area (Å²) < 4.78 is 27.9. The topological polar surface area (TPSA) is 69.4 Å². The van der Waals surface area contributed by atoms with Crippen LogP contribution in [-0.2, 0) is 10.0 Å². The molecule has 0 atom stereocenters. The predicted molar refractivity (Wildman–Crippen MR) is 72.0 cm³/mol. The third-order valence-electron chi connectivity index (χ3n) is 2.11. The molecule has 18 heavy (non-hydrogen) atoms. The molecule has 2 N–H and O–H groups in total. The van der Waals surface area contributed by atoms with Crippen LogP contribution in [-0.4, -0.2) is 8.42 Å². The van der Waals surface area contributed by atoms with Gasteiger partial charge in [-0.3, -0.25) is 0 Å². The zero-order valence-electron chi connectivity index (χ0n) is 9.38. The van der Waals surface area contributed by atoms with Crippen LogP contribution >= 0.6 is 22.9 Å². The quantitative estimate of drug-likeness (QED) is 0.947. The van der Waals surface area contributed by atoms with Crippen molar-refractivity contribution in [2.75, 3.05) is 0 Å². The van der Waals surface area contributed by atoms with Gasteiger partial charge in [-0.15, -0.1) is 0 Å². The Morgan fingerprint density at radius 1 is 1.33 bits per heavy atom. The average molecular weight is 304 g/mol. The van der Waals surface area contributed by atoms with Crippen molar-refractivity contribution in [1.29, 1.82) is 0 Å². The molecule has 0 radical (unpaired) electrons. The van der Waals surface area contributed by atoms with Gasteiger partial charge in [0.1, 0.15) is 9.96 Å². The van der Waals surface area contributed by atoms with Gasteiger partial charge in [-0.1, -0.05) is 35.1 Å². The average Bonchev–Trinajstić information content (AvgIpc) is 2.60. The molecular weight excluding hydrogens is 294 g/mol. The fraction of sp³-hybridized carbons (Fsp3) is 0.0909. The summed E-state index contributed by atoms with van der Waals surface area (Å²) in [6.07, 6.45) is 0. The van der Waals surface area contributed by atoms with E-state index in [1.807, 2.05) is 25.1 Å². The number of nitrogens with two attached hydrogens (primary N) is 1. The van der Waals surface area contributed by atoms with Gasteiger partial charge in [0, 0.05) is 0 Å². The fourth-order valence-corrected chi connectivity index (χ4v) is 3.35. The van der Waals surface area contributed by atoms with Crippen molar-refractivity contribution < 1.29 is 13.2 Å². The molecule has 0 unspecified atom stereocenters. The van der Waals surface area contributed by atoms with Gasteiger partial charge in [-0.2, -0.15) is 0 Å². The number of ether oxygens (including phenoxy) is 1. The highest BCUT2D eigenvalue weighted by Crippen LogP contribution is 2.39. The Bertz CT molecular complexity index is 679. The lowest BCUT2D eigenvalue weighted by Crippen LogP contribution is -2.09. The van der Waals surface area contributed by atoms with Crippen LogP contribution in [0.2, 0.25) is 5.02 Å². The Morgan fingerprint density at radius 2 is 2.06 bits per heavy atom. The number of thiophene rings is 1. The molecule has 96 valence electrons. The second kappa shape index (κ2) is 4.89. The van der Waals surface area contributed by atoms with Crippen molar-refractivity contribution >= 4 is 33.0 Å². The molecule has 2 rings (SSSR count). The van der Waals surface area contributed by atoms with Crippen LogP contribution in [0.4, 0.5) is 0 Å². The number of rotatable bonds is 3. The van der Waals surface area contributed by atoms with Gasteiger partial charge < -0.3 is 4.74 Å². The monoisotopic (exact) mass is 303 g/mol. The van der Waals surface area contributed by atoms with Gasteiger partial charge >= 0.3 is 0 Å². The van der Waals surface area contributed by atoms with E-state index in [9.17, 15) is 8.42 Å². The number of hydrogen-bond donors (Lipinski definition) is 1. The number of sulfonamides is 1. The number of benzene rings is 1. The Kier molecular flexibility index (Phi) is 3.63. The second-order valence-corrected chi connectivity index (χ2v) is 6.87. The van der Waals surface area contributed by atoms with Crippen molar-refractivity contribution in [3.63, 3.8) is 0 Å². The molecule has 0 bridgehead atoms. The van der Waals surface area contributed by atoms with E-state index in [2.05, 4.69) is 0 Å². The summed E-state index contributed by atoms with van der Waals surface area (Å²) in [4.78, 5) is 0. The summed E-state index contributed by atoms with van der Waals surface area (Å²) >= 11 is 6.81. The number of aryl methyl sites for hydroxylation is 1. The molecule has 7 heteroatoms. The maximum Gasteiger partial charge on any atom is 0.247 e. The van der Waals surface area contributed by atoms with E-state index in [4.69, 9.17) is 21.5 Å². The molecule has 1 aromatic carbocycles. The molecule has 1 heterocycles. The SMILES string of the molecule is Cc1cccc(Oc2sc(S(N)(=O)=O)cc2Cl)c1. The van der Waals surface area contributed by atoms with Crippen LogP contribution in [0.15, 0.2) is 34.5 Å². The summed E-state index contributed by atoms with van der Waals surface area (Å²) in [6.45, 7) is 1.93. The Morgan fingerprint density at radius 3 is 2.61 bits per heavy atom. The van der Waals surface area contributed by atoms with Gasteiger partial charge in [0.15, 0.2) is 0 Å². The third kappa shape index (κ3) is 3.02. The first kappa shape index (κ1) is 13.4. The highest BCUT2D eigenvalue weighted by molar-refractivity contribution is 7.91. The Labute approximate surface area is 114 Å². The van der Waals surface area contributed by atoms with Crippen LogP contribution in [0.3, 0.4) is 0 Å². The van der Waals surface area contributed by atoms with Crippen molar-refractivity contribution in [3.8, 4) is 10.8 Å². The van der Waals surface area contributed by atoms with Gasteiger partial charge in [-0.25, -0.2) is 13.6 Å². The smallest absolute Gasteiger partial charge is 0.247 e. The van der Waals surface area contributed by atoms with Crippen LogP contribution in [0, 0.1) is 6.92 Å². The van der Waals surface area contributed by atoms with E-state index in [-0.39, 0.29) is 9.23 Å². The van der Waals surface area contributed by atoms with Crippen LogP contribution in [0.1, 0.15) is 5.56 Å². The van der Waals surface area contributed by atoms with Gasteiger partial charge in [0.05, 0.1) is 5.02 Å². The first-order valence-corrected chi connectivity index (χ1v) is 7.67. The van der Waals surface area contributed by atoms with E-state index < -0.39 is 10.0 Å². The molecule has 0 amide bonds. The van der Waals surface area contributed by atoms with Crippen LogP contribution in [0.25, 0.3) is 0 Å². The number of halogens is 1. The normalized spacial score (nSPS) is 11.5. The van der Waals surface area contributed by atoms with Gasteiger partial charge in [0.2, 0.25) is 15.1 Å². The van der Waals surface area contributed by atoms with E-state index in [1.54, 1.807) is 6.07 Å². The molecular formula is C11H10ClNO3S2. The second-order valence-electron chi connectivity index (χ2n) is 3.66. The summed E-state index contributed by atoms with van der Waals surface area (Å²) in [6, 6.07) is 8.64. The van der Waals surface area contributed by atoms with E-state index >= 15 is 0 Å². The molecule has 0 aliphatic carbocycles. The lowest BCUT2D eigenvalue weighted by molar-refractivity contribution is 0.496. The fourth-order valence-electron chi connectivity index (χ4n) is 1.33. The van der Waals surface area contributed by atoms with Crippen molar-refractivity contribution in [2.45, 2.75) is 11.1 Å². The largest absolute Gasteiger partial charge is 0.445 e. The number of hydrogen-bond acceptors (Lipinski definition) is 4. The molecule has 0 fully saturated rings. The summed E-state index contributed by atoms with van der Waals surface area (Å²) in [5, 5.41) is 5.56. The number of primary sulfonamides is 1. The molecule has 4 nitrogen and oxygen atoms in total.